The Kier molecular flexibility index (Phi) is 13.9. The van der Waals surface area contributed by atoms with Gasteiger partial charge in [-0.25, -0.2) is 19.5 Å². The standard InChI is InChI=1S/C55H50N6O9/c1-36(2)50(62)58-53-57-49-48(51(59-53)70-54(64)61(41-21-13-7-14-22-41)42-23-15-8-16-24-42)56-35-60(49)47-33-45(69-52(63)37-17-9-5-10-18-37)46(68-47)34-67-55(38-19-11-6-12-20-38,39-25-29-43(65-3)30-26-39)40-27-31-44(66-4)32-28-40/h5-32,35-36,45-47H,33-34H2,1-4H3,(H,57,58,59,62)/t45?,46-,47-/m0/s1. The molecule has 0 radical (unpaired) electrons. The maximum atomic E-state index is 14.3. The number of para-hydroxylation sites is 2. The van der Waals surface area contributed by atoms with E-state index < -0.39 is 42.0 Å². The van der Waals surface area contributed by atoms with Crippen molar-refractivity contribution in [3.8, 4) is 17.4 Å². The van der Waals surface area contributed by atoms with E-state index in [0.29, 0.717) is 28.4 Å². The molecule has 2 amide bonds. The summed E-state index contributed by atoms with van der Waals surface area (Å²) in [7, 11) is 3.22. The molecule has 1 N–H and O–H groups in total. The van der Waals surface area contributed by atoms with Crippen LogP contribution >= 0.6 is 0 Å². The van der Waals surface area contributed by atoms with E-state index in [4.69, 9.17) is 33.4 Å². The summed E-state index contributed by atoms with van der Waals surface area (Å²) in [4.78, 5) is 56.6. The van der Waals surface area contributed by atoms with Crippen molar-refractivity contribution in [2.24, 2.45) is 5.92 Å². The minimum atomic E-state index is -1.22. The van der Waals surface area contributed by atoms with E-state index in [1.807, 2.05) is 121 Å². The number of anilines is 3. The van der Waals surface area contributed by atoms with Crippen LogP contribution in [-0.4, -0.2) is 70.5 Å². The van der Waals surface area contributed by atoms with E-state index in [9.17, 15) is 14.4 Å². The number of imidazole rings is 1. The Balaban J connectivity index is 1.11. The second kappa shape index (κ2) is 20.9. The summed E-state index contributed by atoms with van der Waals surface area (Å²) in [6.07, 6.45) is -1.75. The fraction of sp³-hybridized carbons (Fsp3) is 0.200. The number of rotatable bonds is 16. The molecule has 3 atom stereocenters. The second-order valence-electron chi connectivity index (χ2n) is 16.7. The van der Waals surface area contributed by atoms with Crippen molar-refractivity contribution in [2.75, 3.05) is 31.0 Å². The highest BCUT2D eigenvalue weighted by atomic mass is 16.6. The third kappa shape index (κ3) is 9.79. The highest BCUT2D eigenvalue weighted by Gasteiger charge is 2.44. The number of benzene rings is 6. The molecule has 3 heterocycles. The molecule has 2 aromatic heterocycles. The zero-order valence-corrected chi connectivity index (χ0v) is 38.9. The van der Waals surface area contributed by atoms with Gasteiger partial charge in [-0.15, -0.1) is 0 Å². The molecule has 9 rings (SSSR count). The van der Waals surface area contributed by atoms with Crippen LogP contribution in [0.1, 0.15) is 53.5 Å². The van der Waals surface area contributed by atoms with E-state index in [0.717, 1.165) is 16.7 Å². The minimum absolute atomic E-state index is 0.0782. The van der Waals surface area contributed by atoms with Crippen molar-refractivity contribution < 1.29 is 42.8 Å². The number of carbonyl (C=O) groups excluding carboxylic acids is 3. The van der Waals surface area contributed by atoms with Crippen molar-refractivity contribution >= 4 is 46.5 Å². The summed E-state index contributed by atoms with van der Waals surface area (Å²) in [5.74, 6) is -0.344. The number of esters is 1. The molecule has 15 heteroatoms. The zero-order valence-electron chi connectivity index (χ0n) is 38.9. The van der Waals surface area contributed by atoms with E-state index in [-0.39, 0.29) is 41.9 Å². The Morgan fingerprint density at radius 1 is 0.714 bits per heavy atom. The molecule has 1 aliphatic heterocycles. The van der Waals surface area contributed by atoms with Gasteiger partial charge in [0.1, 0.15) is 35.5 Å². The van der Waals surface area contributed by atoms with Crippen LogP contribution in [0.3, 0.4) is 0 Å². The molecule has 1 aliphatic rings. The number of nitrogens with one attached hydrogen (secondary N) is 1. The van der Waals surface area contributed by atoms with Gasteiger partial charge < -0.3 is 28.4 Å². The lowest BCUT2D eigenvalue weighted by molar-refractivity contribution is -0.118. The second-order valence-corrected chi connectivity index (χ2v) is 16.7. The number of fused-ring (bicyclic) bond motifs is 1. The lowest BCUT2D eigenvalue weighted by Gasteiger charge is -2.37. The first-order valence-corrected chi connectivity index (χ1v) is 22.7. The fourth-order valence-corrected chi connectivity index (χ4v) is 8.33. The lowest BCUT2D eigenvalue weighted by Crippen LogP contribution is -2.39. The summed E-state index contributed by atoms with van der Waals surface area (Å²) in [6.45, 7) is 3.39. The zero-order chi connectivity index (χ0) is 48.6. The predicted molar refractivity (Wildman–Crippen MR) is 262 cm³/mol. The van der Waals surface area contributed by atoms with Crippen LogP contribution in [0.2, 0.25) is 0 Å². The molecule has 1 unspecified atom stereocenters. The molecular formula is C55H50N6O9. The molecule has 0 saturated carbocycles. The number of amides is 2. The Hall–Kier alpha value is -8.40. The first-order chi connectivity index (χ1) is 34.1. The number of nitrogens with zero attached hydrogens (tertiary/aromatic N) is 5. The fourth-order valence-electron chi connectivity index (χ4n) is 8.33. The van der Waals surface area contributed by atoms with Crippen LogP contribution in [0.25, 0.3) is 11.2 Å². The van der Waals surface area contributed by atoms with Gasteiger partial charge in [0.25, 0.3) is 5.88 Å². The third-order valence-corrected chi connectivity index (χ3v) is 11.9. The minimum Gasteiger partial charge on any atom is -0.497 e. The lowest BCUT2D eigenvalue weighted by atomic mass is 9.80. The molecule has 1 fully saturated rings. The summed E-state index contributed by atoms with van der Waals surface area (Å²) in [6, 6.07) is 51.9. The van der Waals surface area contributed by atoms with Gasteiger partial charge in [-0.3, -0.25) is 14.7 Å². The van der Waals surface area contributed by atoms with Crippen LogP contribution < -0.4 is 24.4 Å². The average Bonchev–Trinajstić information content (AvgIpc) is 4.02. The van der Waals surface area contributed by atoms with Gasteiger partial charge in [0.2, 0.25) is 11.9 Å². The molecule has 0 spiro atoms. The van der Waals surface area contributed by atoms with Crippen molar-refractivity contribution in [3.05, 3.63) is 198 Å². The number of hydrogen-bond donors (Lipinski definition) is 1. The van der Waals surface area contributed by atoms with E-state index in [2.05, 4.69) is 15.3 Å². The van der Waals surface area contributed by atoms with Crippen molar-refractivity contribution in [1.29, 1.82) is 0 Å². The molecule has 70 heavy (non-hydrogen) atoms. The molecule has 354 valence electrons. The van der Waals surface area contributed by atoms with Crippen molar-refractivity contribution in [2.45, 2.75) is 44.3 Å². The van der Waals surface area contributed by atoms with Gasteiger partial charge in [-0.1, -0.05) is 123 Å². The highest BCUT2D eigenvalue weighted by molar-refractivity contribution is 5.98. The summed E-state index contributed by atoms with van der Waals surface area (Å²) in [5.41, 5.74) is 2.93. The Bertz CT molecular complexity index is 2960. The first kappa shape index (κ1) is 46.7. The quantitative estimate of drug-likeness (QED) is 0.0721. The maximum Gasteiger partial charge on any atom is 0.425 e. The SMILES string of the molecule is COc1ccc(C(OC[C@@H]2O[C@H](n3cnc4c(OC(=O)N(c5ccccc5)c5ccccc5)nc(NC(=O)C(C)C)nc43)CC2OC(=O)c2ccccc2)(c2ccccc2)c2ccc(OC)cc2)cc1. The van der Waals surface area contributed by atoms with Gasteiger partial charge >= 0.3 is 12.1 Å². The monoisotopic (exact) mass is 938 g/mol. The van der Waals surface area contributed by atoms with E-state index in [1.165, 1.54) is 11.2 Å². The van der Waals surface area contributed by atoms with Gasteiger partial charge in [0.15, 0.2) is 11.2 Å². The first-order valence-electron chi connectivity index (χ1n) is 22.7. The molecule has 0 aliphatic carbocycles. The van der Waals surface area contributed by atoms with Crippen LogP contribution in [0.4, 0.5) is 22.1 Å². The normalized spacial score (nSPS) is 15.6. The summed E-state index contributed by atoms with van der Waals surface area (Å²) < 4.78 is 39.3. The molecule has 0 bridgehead atoms. The smallest absolute Gasteiger partial charge is 0.425 e. The highest BCUT2D eigenvalue weighted by Crippen LogP contribution is 2.44. The molecule has 6 aromatic carbocycles. The predicted octanol–water partition coefficient (Wildman–Crippen LogP) is 10.3. The third-order valence-electron chi connectivity index (χ3n) is 11.9. The van der Waals surface area contributed by atoms with Crippen molar-refractivity contribution in [1.82, 2.24) is 19.5 Å². The maximum absolute atomic E-state index is 14.3. The van der Waals surface area contributed by atoms with Gasteiger partial charge in [-0.05, 0) is 77.4 Å². The number of hydrogen-bond acceptors (Lipinski definition) is 12. The Labute approximate surface area is 404 Å². The van der Waals surface area contributed by atoms with Crippen molar-refractivity contribution in [3.63, 3.8) is 0 Å². The summed E-state index contributed by atoms with van der Waals surface area (Å²) in [5, 5.41) is 2.75. The number of carbonyl (C=O) groups is 3. The van der Waals surface area contributed by atoms with E-state index in [1.54, 1.807) is 81.2 Å². The van der Waals surface area contributed by atoms with Gasteiger partial charge in [-0.2, -0.15) is 9.97 Å². The average molecular weight is 939 g/mol. The number of aromatic nitrogens is 4. The van der Waals surface area contributed by atoms with Crippen LogP contribution in [0.5, 0.6) is 17.4 Å². The van der Waals surface area contributed by atoms with Crippen LogP contribution in [0, 0.1) is 5.92 Å². The topological polar surface area (TPSA) is 165 Å². The van der Waals surface area contributed by atoms with Crippen LogP contribution in [-0.2, 0) is 24.6 Å². The Morgan fingerprint density at radius 3 is 1.79 bits per heavy atom. The van der Waals surface area contributed by atoms with Gasteiger partial charge in [0.05, 0.1) is 44.1 Å². The van der Waals surface area contributed by atoms with Gasteiger partial charge in [0, 0.05) is 12.3 Å². The van der Waals surface area contributed by atoms with Crippen LogP contribution in [0.15, 0.2) is 176 Å². The summed E-state index contributed by atoms with van der Waals surface area (Å²) >= 11 is 0. The largest absolute Gasteiger partial charge is 0.497 e. The molecular weight excluding hydrogens is 889 g/mol. The molecule has 15 nitrogen and oxygen atoms in total. The number of methoxy groups -OCH3 is 2. The Morgan fingerprint density at radius 2 is 1.24 bits per heavy atom. The molecule has 8 aromatic rings. The molecule has 1 saturated heterocycles. The number of ether oxygens (including phenoxy) is 6. The van der Waals surface area contributed by atoms with E-state index >= 15 is 0 Å².